The topological polar surface area (TPSA) is 20.3 Å². The molecule has 0 spiro atoms. The Morgan fingerprint density at radius 3 is 2.65 bits per heavy atom. The second-order valence-electron chi connectivity index (χ2n) is 6.13. The van der Waals surface area contributed by atoms with Gasteiger partial charge in [0.25, 0.3) is 0 Å². The number of rotatable bonds is 6. The van der Waals surface area contributed by atoms with Crippen LogP contribution in [-0.2, 0) is 0 Å². The van der Waals surface area contributed by atoms with Gasteiger partial charge in [0.05, 0.1) is 0 Å². The molecule has 0 aromatic heterocycles. The first-order chi connectivity index (χ1) is 9.56. The zero-order valence-electron chi connectivity index (χ0n) is 12.4. The molecule has 2 nitrogen and oxygen atoms in total. The number of ketones is 1. The lowest BCUT2D eigenvalue weighted by Gasteiger charge is -2.17. The number of carbonyl (C=O) groups excluding carboxylic acids is 1. The molecule has 1 heterocycles. The van der Waals surface area contributed by atoms with E-state index in [1.54, 1.807) is 0 Å². The van der Waals surface area contributed by atoms with Gasteiger partial charge >= 0.3 is 0 Å². The van der Waals surface area contributed by atoms with Gasteiger partial charge in [-0.2, -0.15) is 0 Å². The lowest BCUT2D eigenvalue weighted by atomic mass is 9.95. The Balaban J connectivity index is 1.71. The number of halogens is 1. The summed E-state index contributed by atoms with van der Waals surface area (Å²) >= 11 is 3.39. The van der Waals surface area contributed by atoms with E-state index in [0.29, 0.717) is 6.42 Å². The predicted octanol–water partition coefficient (Wildman–Crippen LogP) is 4.39. The second kappa shape index (κ2) is 7.37. The zero-order valence-corrected chi connectivity index (χ0v) is 14.0. The smallest absolute Gasteiger partial charge is 0.162 e. The number of Topliss-reactive ketones (excluding diaryl/α,β-unsaturated/α-hetero) is 1. The molecule has 1 aliphatic heterocycles. The molecule has 1 aromatic rings. The Labute approximate surface area is 130 Å². The van der Waals surface area contributed by atoms with Crippen LogP contribution in [0.25, 0.3) is 0 Å². The summed E-state index contributed by atoms with van der Waals surface area (Å²) in [5, 5.41) is 0. The molecule has 0 bridgehead atoms. The SMILES string of the molecule is CC(C)C1CCN(CCCC(=O)c2ccc(Br)cc2)C1. The summed E-state index contributed by atoms with van der Waals surface area (Å²) in [5.74, 6) is 1.89. The van der Waals surface area contributed by atoms with E-state index < -0.39 is 0 Å². The van der Waals surface area contributed by atoms with Gasteiger partial charge in [-0.25, -0.2) is 0 Å². The van der Waals surface area contributed by atoms with Gasteiger partial charge in [-0.1, -0.05) is 41.9 Å². The summed E-state index contributed by atoms with van der Waals surface area (Å²) in [5.41, 5.74) is 0.828. The molecular weight excluding hydrogens is 314 g/mol. The predicted molar refractivity (Wildman–Crippen MR) is 87.1 cm³/mol. The summed E-state index contributed by atoms with van der Waals surface area (Å²) in [7, 11) is 0. The quantitative estimate of drug-likeness (QED) is 0.717. The first-order valence-electron chi connectivity index (χ1n) is 7.57. The summed E-state index contributed by atoms with van der Waals surface area (Å²) in [4.78, 5) is 14.6. The van der Waals surface area contributed by atoms with E-state index in [2.05, 4.69) is 34.7 Å². The molecule has 1 unspecified atom stereocenters. The maximum atomic E-state index is 12.1. The highest BCUT2D eigenvalue weighted by Crippen LogP contribution is 2.23. The molecule has 0 N–H and O–H groups in total. The third-order valence-electron chi connectivity index (χ3n) is 4.30. The minimum atomic E-state index is 0.261. The number of carbonyl (C=O) groups is 1. The molecule has 1 aliphatic rings. The van der Waals surface area contributed by atoms with Crippen molar-refractivity contribution in [3.05, 3.63) is 34.3 Å². The van der Waals surface area contributed by atoms with Crippen molar-refractivity contribution in [2.24, 2.45) is 11.8 Å². The van der Waals surface area contributed by atoms with Crippen LogP contribution in [0.5, 0.6) is 0 Å². The van der Waals surface area contributed by atoms with Gasteiger partial charge in [-0.15, -0.1) is 0 Å². The molecule has 1 atom stereocenters. The van der Waals surface area contributed by atoms with E-state index in [9.17, 15) is 4.79 Å². The lowest BCUT2D eigenvalue weighted by molar-refractivity contribution is 0.0976. The Morgan fingerprint density at radius 2 is 2.05 bits per heavy atom. The molecule has 0 aliphatic carbocycles. The summed E-state index contributed by atoms with van der Waals surface area (Å²) in [6, 6.07) is 7.66. The Kier molecular flexibility index (Phi) is 5.79. The highest BCUT2D eigenvalue weighted by Gasteiger charge is 2.24. The van der Waals surface area contributed by atoms with Gasteiger partial charge in [0, 0.05) is 23.0 Å². The van der Waals surface area contributed by atoms with Crippen LogP contribution in [0.15, 0.2) is 28.7 Å². The second-order valence-corrected chi connectivity index (χ2v) is 7.04. The summed E-state index contributed by atoms with van der Waals surface area (Å²) in [6.45, 7) is 8.10. The first kappa shape index (κ1) is 15.7. The van der Waals surface area contributed by atoms with Gasteiger partial charge < -0.3 is 4.90 Å². The molecule has 0 radical (unpaired) electrons. The maximum absolute atomic E-state index is 12.1. The van der Waals surface area contributed by atoms with Crippen LogP contribution >= 0.6 is 15.9 Å². The fourth-order valence-electron chi connectivity index (χ4n) is 2.85. The molecule has 20 heavy (non-hydrogen) atoms. The zero-order chi connectivity index (χ0) is 14.5. The molecule has 110 valence electrons. The van der Waals surface area contributed by atoms with Gasteiger partial charge in [0.1, 0.15) is 0 Å². The lowest BCUT2D eigenvalue weighted by Crippen LogP contribution is -2.23. The van der Waals surface area contributed by atoms with Crippen molar-refractivity contribution in [2.75, 3.05) is 19.6 Å². The Hall–Kier alpha value is -0.670. The number of hydrogen-bond acceptors (Lipinski definition) is 2. The molecule has 1 fully saturated rings. The van der Waals surface area contributed by atoms with Gasteiger partial charge in [0.2, 0.25) is 0 Å². The number of benzene rings is 1. The molecule has 1 saturated heterocycles. The van der Waals surface area contributed by atoms with E-state index in [1.807, 2.05) is 24.3 Å². The summed E-state index contributed by atoms with van der Waals surface area (Å²) < 4.78 is 1.02. The summed E-state index contributed by atoms with van der Waals surface area (Å²) in [6.07, 6.45) is 2.95. The first-order valence-corrected chi connectivity index (χ1v) is 8.36. The number of hydrogen-bond donors (Lipinski definition) is 0. The molecule has 0 saturated carbocycles. The van der Waals surface area contributed by atoms with Crippen molar-refractivity contribution in [1.82, 2.24) is 4.90 Å². The third-order valence-corrected chi connectivity index (χ3v) is 4.82. The van der Waals surface area contributed by atoms with E-state index in [1.165, 1.54) is 19.5 Å². The van der Waals surface area contributed by atoms with E-state index in [4.69, 9.17) is 0 Å². The van der Waals surface area contributed by atoms with Crippen molar-refractivity contribution >= 4 is 21.7 Å². The highest BCUT2D eigenvalue weighted by molar-refractivity contribution is 9.10. The molecule has 1 aromatic carbocycles. The van der Waals surface area contributed by atoms with Crippen LogP contribution in [0.2, 0.25) is 0 Å². The van der Waals surface area contributed by atoms with E-state index in [-0.39, 0.29) is 5.78 Å². The maximum Gasteiger partial charge on any atom is 0.162 e. The normalized spacial score (nSPS) is 19.7. The van der Waals surface area contributed by atoms with Gasteiger partial charge in [-0.3, -0.25) is 4.79 Å². The monoisotopic (exact) mass is 337 g/mol. The van der Waals surface area contributed by atoms with Gasteiger partial charge in [-0.05, 0) is 49.9 Å². The Morgan fingerprint density at radius 1 is 1.35 bits per heavy atom. The van der Waals surface area contributed by atoms with Crippen LogP contribution < -0.4 is 0 Å². The molecular formula is C17H24BrNO. The molecule has 0 amide bonds. The van der Waals surface area contributed by atoms with Crippen LogP contribution in [0.3, 0.4) is 0 Å². The number of likely N-dealkylation sites (tertiary alicyclic amines) is 1. The van der Waals surface area contributed by atoms with Crippen molar-refractivity contribution in [3.8, 4) is 0 Å². The fraction of sp³-hybridized carbons (Fsp3) is 0.588. The number of nitrogens with zero attached hydrogens (tertiary/aromatic N) is 1. The van der Waals surface area contributed by atoms with E-state index >= 15 is 0 Å². The molecule has 2 rings (SSSR count). The van der Waals surface area contributed by atoms with Crippen molar-refractivity contribution in [1.29, 1.82) is 0 Å². The van der Waals surface area contributed by atoms with E-state index in [0.717, 1.165) is 34.8 Å². The van der Waals surface area contributed by atoms with Crippen LogP contribution in [0.1, 0.15) is 43.5 Å². The van der Waals surface area contributed by atoms with Crippen LogP contribution in [0.4, 0.5) is 0 Å². The minimum absolute atomic E-state index is 0.261. The third kappa shape index (κ3) is 4.42. The van der Waals surface area contributed by atoms with Crippen molar-refractivity contribution < 1.29 is 4.79 Å². The fourth-order valence-corrected chi connectivity index (χ4v) is 3.12. The Bertz CT molecular complexity index is 441. The van der Waals surface area contributed by atoms with Crippen molar-refractivity contribution in [3.63, 3.8) is 0 Å². The minimum Gasteiger partial charge on any atom is -0.303 e. The van der Waals surface area contributed by atoms with Crippen LogP contribution in [-0.4, -0.2) is 30.3 Å². The average Bonchev–Trinajstić information content (AvgIpc) is 2.88. The molecule has 3 heteroatoms. The standard InChI is InChI=1S/C17H24BrNO/c1-13(2)15-9-11-19(12-15)10-3-4-17(20)14-5-7-16(18)8-6-14/h5-8,13,15H,3-4,9-12H2,1-2H3. The van der Waals surface area contributed by atoms with Gasteiger partial charge in [0.15, 0.2) is 5.78 Å². The average molecular weight is 338 g/mol. The van der Waals surface area contributed by atoms with Crippen molar-refractivity contribution in [2.45, 2.75) is 33.1 Å². The highest BCUT2D eigenvalue weighted by atomic mass is 79.9. The van der Waals surface area contributed by atoms with Crippen LogP contribution in [0, 0.1) is 11.8 Å². The largest absolute Gasteiger partial charge is 0.303 e.